The van der Waals surface area contributed by atoms with Crippen LogP contribution in [-0.2, 0) is 89.7 Å². The number of fused-ring (bicyclic) bond motifs is 10. The number of ether oxygens (including phenoxy) is 4. The van der Waals surface area contributed by atoms with Crippen LogP contribution in [0.2, 0.25) is 0 Å². The van der Waals surface area contributed by atoms with Gasteiger partial charge in [-0.25, -0.2) is 19.2 Å². The first-order valence-electron chi connectivity index (χ1n) is 30.8. The summed E-state index contributed by atoms with van der Waals surface area (Å²) in [5, 5.41) is 55.9. The van der Waals surface area contributed by atoms with Gasteiger partial charge < -0.3 is 65.7 Å². The van der Waals surface area contributed by atoms with Crippen LogP contribution >= 0.6 is 0 Å². The Bertz CT molecular complexity index is 3460. The highest BCUT2D eigenvalue weighted by Gasteiger charge is 2.37. The topological polar surface area (TPSA) is 340 Å². The highest BCUT2D eigenvalue weighted by molar-refractivity contribution is 6.38. The fraction of sp³-hybridized carbons (Fsp3) is 0.366. The zero-order valence-corrected chi connectivity index (χ0v) is 52.5. The van der Waals surface area contributed by atoms with Crippen LogP contribution in [-0.4, -0.2) is 121 Å². The number of carboxylic acids is 1. The zero-order chi connectivity index (χ0) is 67.5. The summed E-state index contributed by atoms with van der Waals surface area (Å²) in [5.41, 5.74) is 3.26. The summed E-state index contributed by atoms with van der Waals surface area (Å²) >= 11 is 0. The number of nitrogens with one attached hydrogen (secondary N) is 4. The average Bonchev–Trinajstić information content (AvgIpc) is 1.63. The molecule has 1 fully saturated rings. The number of Topliss-reactive ketones (excluding diaryl/α,β-unsaturated/α-hetero) is 1. The Morgan fingerprint density at radius 2 is 1.26 bits per heavy atom. The quantitative estimate of drug-likeness (QED) is 0.0202. The third-order valence-corrected chi connectivity index (χ3v) is 14.7. The molecule has 0 radical (unpaired) electrons. The van der Waals surface area contributed by atoms with E-state index in [1.807, 2.05) is 54.6 Å². The van der Waals surface area contributed by atoms with E-state index < -0.39 is 96.0 Å². The molecule has 2 heterocycles. The van der Waals surface area contributed by atoms with E-state index in [1.54, 1.807) is 107 Å². The van der Waals surface area contributed by atoms with Crippen molar-refractivity contribution in [3.8, 4) is 23.0 Å². The number of carboxylic acid groups (broad SMARTS) is 1. The smallest absolute Gasteiger partial charge is 0.335 e. The molecule has 0 saturated heterocycles. The monoisotopic (exact) mass is 1280 g/mol. The van der Waals surface area contributed by atoms with E-state index in [-0.39, 0.29) is 62.0 Å². The minimum atomic E-state index is -1.46. The lowest BCUT2D eigenvalue weighted by molar-refractivity contribution is -0.160. The van der Waals surface area contributed by atoms with Gasteiger partial charge in [0.15, 0.2) is 24.4 Å². The van der Waals surface area contributed by atoms with Crippen molar-refractivity contribution in [2.75, 3.05) is 6.54 Å². The van der Waals surface area contributed by atoms with Crippen molar-refractivity contribution in [2.45, 2.75) is 153 Å². The Hall–Kier alpha value is -9.93. The van der Waals surface area contributed by atoms with Crippen LogP contribution in [0.5, 0.6) is 23.0 Å². The van der Waals surface area contributed by atoms with E-state index >= 15 is 0 Å². The summed E-state index contributed by atoms with van der Waals surface area (Å²) in [6, 6.07) is 41.1. The number of aliphatic carboxylic acids is 1. The maximum Gasteiger partial charge on any atom is 0.335 e. The molecule has 4 bridgehead atoms. The van der Waals surface area contributed by atoms with Gasteiger partial charge in [-0.05, 0) is 134 Å². The number of aromatic hydroxyl groups is 2. The lowest BCUT2D eigenvalue weighted by Crippen LogP contribution is -2.53. The summed E-state index contributed by atoms with van der Waals surface area (Å²) in [7, 11) is 0. The number of rotatable bonds is 20. The second-order valence-corrected chi connectivity index (χ2v) is 23.5. The molecule has 6 unspecified atom stereocenters. The SMILES string of the molecule is CCCC(NC(=O)C1Cc2cccc(c2)Oc2ccc(cc2)CCC(=O)NC(C2CCCCC2)C(=O)O1)C(=O)C(=O)NCC(=O)NC(C(=O)OC(C)(C)C)c1ccccc1.O=C(O)C(O)Cc1cccc(O)c1.O=C(OCc1ccccc1)C(O)Cc1cccc(O)c1. The van der Waals surface area contributed by atoms with Crippen LogP contribution in [0.4, 0.5) is 0 Å². The molecule has 494 valence electrons. The number of phenols is 2. The van der Waals surface area contributed by atoms with E-state index in [0.29, 0.717) is 59.4 Å². The number of carbonyl (C=O) groups excluding carboxylic acids is 8. The normalized spacial score (nSPS) is 16.3. The van der Waals surface area contributed by atoms with Gasteiger partial charge in [0.2, 0.25) is 17.6 Å². The number of phenolic OH excluding ortho intramolecular Hbond substituents is 2. The first kappa shape index (κ1) is 72.1. The number of ketones is 1. The van der Waals surface area contributed by atoms with E-state index in [1.165, 1.54) is 24.3 Å². The molecule has 2 aliphatic heterocycles. The average molecular weight is 1280 g/mol. The standard InChI is InChI=1S/C46H56N4O10.C16H16O4.C9H10O4/c1-5-13-35(41(53)43(55)47-28-38(52)50-40(32-17-10-7-11-18-32)45(57)60-46(2,3)4)48-42(54)36-27-30-14-12-19-34(26-30)58-33-23-20-29(21-24-33)22-25-37(51)49-39(44(56)59-36)31-15-8-6-9-16-31;17-14-8-4-7-13(9-14)10-15(18)16(19)20-11-12-5-2-1-3-6-12;10-7-3-1-2-6(4-7)5-8(11)9(12)13/h7,10-12,14,17-21,23-24,26,31,35-36,39-40H,5-6,8-9,13,15-16,22,25,27-28H2,1-4H3,(H,47,55)(H,48,54)(H,49,51)(H,50,52);1-9,15,17-18H,10-11H2;1-4,8,10-11H,5H2,(H,12,13). The minimum absolute atomic E-state index is 0.00370. The summed E-state index contributed by atoms with van der Waals surface area (Å²) in [4.78, 5) is 116. The van der Waals surface area contributed by atoms with Gasteiger partial charge in [-0.15, -0.1) is 0 Å². The van der Waals surface area contributed by atoms with Crippen LogP contribution in [0.25, 0.3) is 0 Å². The molecule has 6 atom stereocenters. The summed E-state index contributed by atoms with van der Waals surface area (Å²) in [5.74, 6) is -6.45. The lowest BCUT2D eigenvalue weighted by Gasteiger charge is -2.31. The number of hydrogen-bond donors (Lipinski definition) is 9. The molecule has 1 aliphatic carbocycles. The molecule has 6 aromatic rings. The van der Waals surface area contributed by atoms with Gasteiger partial charge in [0.1, 0.15) is 41.2 Å². The van der Waals surface area contributed by atoms with Gasteiger partial charge in [0, 0.05) is 25.7 Å². The third kappa shape index (κ3) is 25.0. The number of hydrogen-bond acceptors (Lipinski definition) is 17. The maximum atomic E-state index is 14.1. The van der Waals surface area contributed by atoms with Crippen molar-refractivity contribution in [3.05, 3.63) is 191 Å². The van der Waals surface area contributed by atoms with Crippen LogP contribution in [0.1, 0.15) is 118 Å². The summed E-state index contributed by atoms with van der Waals surface area (Å²) in [6.07, 6.45) is 1.08. The van der Waals surface area contributed by atoms with E-state index in [9.17, 15) is 53.4 Å². The van der Waals surface area contributed by atoms with Crippen molar-refractivity contribution < 1.29 is 87.6 Å². The van der Waals surface area contributed by atoms with Gasteiger partial charge in [0.25, 0.3) is 11.8 Å². The molecule has 0 aromatic heterocycles. The molecular formula is C71H82N4O18. The largest absolute Gasteiger partial charge is 0.508 e. The first-order chi connectivity index (χ1) is 44.4. The summed E-state index contributed by atoms with van der Waals surface area (Å²) < 4.78 is 22.6. The number of aliphatic hydroxyl groups is 2. The van der Waals surface area contributed by atoms with Crippen molar-refractivity contribution in [2.24, 2.45) is 5.92 Å². The molecule has 4 amide bonds. The summed E-state index contributed by atoms with van der Waals surface area (Å²) in [6.45, 7) is 6.34. The number of aryl methyl sites for hydroxylation is 1. The van der Waals surface area contributed by atoms with E-state index in [2.05, 4.69) is 21.3 Å². The Morgan fingerprint density at radius 1 is 0.656 bits per heavy atom. The molecule has 9 rings (SSSR count). The molecular weight excluding hydrogens is 1200 g/mol. The predicted octanol–water partition coefficient (Wildman–Crippen LogP) is 7.53. The Kier molecular flexibility index (Phi) is 28.1. The van der Waals surface area contributed by atoms with Crippen molar-refractivity contribution in [1.82, 2.24) is 21.3 Å². The first-order valence-corrected chi connectivity index (χ1v) is 30.8. The van der Waals surface area contributed by atoms with Gasteiger partial charge >= 0.3 is 23.9 Å². The molecule has 1 saturated carbocycles. The van der Waals surface area contributed by atoms with Crippen LogP contribution in [0, 0.1) is 5.92 Å². The number of carbonyl (C=O) groups is 9. The second kappa shape index (κ2) is 36.2. The van der Waals surface area contributed by atoms with E-state index in [4.69, 9.17) is 34.3 Å². The molecule has 0 spiro atoms. The maximum absolute atomic E-state index is 14.1. The highest BCUT2D eigenvalue weighted by atomic mass is 16.6. The lowest BCUT2D eigenvalue weighted by atomic mass is 9.83. The van der Waals surface area contributed by atoms with E-state index in [0.717, 1.165) is 30.4 Å². The molecule has 93 heavy (non-hydrogen) atoms. The fourth-order valence-corrected chi connectivity index (χ4v) is 10.1. The Labute approximate surface area is 540 Å². The number of benzene rings is 6. The van der Waals surface area contributed by atoms with Crippen LogP contribution in [0.3, 0.4) is 0 Å². The van der Waals surface area contributed by atoms with Crippen molar-refractivity contribution >= 4 is 53.3 Å². The molecule has 9 N–H and O–H groups in total. The van der Waals surface area contributed by atoms with Gasteiger partial charge in [0.05, 0.1) is 12.6 Å². The third-order valence-electron chi connectivity index (χ3n) is 14.7. The molecule has 22 heteroatoms. The van der Waals surface area contributed by atoms with Crippen molar-refractivity contribution in [3.63, 3.8) is 0 Å². The molecule has 22 nitrogen and oxygen atoms in total. The number of esters is 3. The van der Waals surface area contributed by atoms with Crippen LogP contribution in [0.15, 0.2) is 158 Å². The number of aliphatic hydroxyl groups excluding tert-OH is 2. The Balaban J connectivity index is 0.000000335. The van der Waals surface area contributed by atoms with Crippen molar-refractivity contribution in [1.29, 1.82) is 0 Å². The minimum Gasteiger partial charge on any atom is -0.508 e. The van der Waals surface area contributed by atoms with Gasteiger partial charge in [-0.1, -0.05) is 142 Å². The number of amides is 4. The second-order valence-electron chi connectivity index (χ2n) is 23.5. The molecule has 3 aliphatic rings. The fourth-order valence-electron chi connectivity index (χ4n) is 10.1. The highest BCUT2D eigenvalue weighted by Crippen LogP contribution is 2.29. The van der Waals surface area contributed by atoms with Gasteiger partial charge in [-0.3, -0.25) is 24.0 Å². The van der Waals surface area contributed by atoms with Crippen LogP contribution < -0.4 is 26.0 Å². The Morgan fingerprint density at radius 3 is 1.86 bits per heavy atom. The van der Waals surface area contributed by atoms with Gasteiger partial charge in [-0.2, -0.15) is 0 Å². The molecule has 6 aromatic carbocycles. The predicted molar refractivity (Wildman–Crippen MR) is 341 cm³/mol. The zero-order valence-electron chi connectivity index (χ0n) is 52.5.